The van der Waals surface area contributed by atoms with E-state index in [2.05, 4.69) is 9.97 Å². The zero-order valence-electron chi connectivity index (χ0n) is 14.6. The van der Waals surface area contributed by atoms with Gasteiger partial charge in [-0.15, -0.1) is 0 Å². The number of rotatable bonds is 5. The van der Waals surface area contributed by atoms with Crippen molar-refractivity contribution < 1.29 is 21.6 Å². The number of nitrogens with zero attached hydrogens (tertiary/aromatic N) is 4. The normalized spacial score (nSPS) is 18.3. The first kappa shape index (κ1) is 19.6. The summed E-state index contributed by atoms with van der Waals surface area (Å²) in [4.78, 5) is 8.81. The van der Waals surface area contributed by atoms with Crippen LogP contribution in [-0.2, 0) is 22.0 Å². The van der Waals surface area contributed by atoms with Gasteiger partial charge in [-0.2, -0.15) is 17.5 Å². The number of anilines is 1. The molecule has 0 radical (unpaired) electrons. The number of hydrogen-bond donors (Lipinski definition) is 0. The zero-order valence-corrected chi connectivity index (χ0v) is 15.4. The molecule has 1 fully saturated rings. The molecule has 3 rings (SSSR count). The van der Waals surface area contributed by atoms with Crippen molar-refractivity contribution in [3.63, 3.8) is 0 Å². The molecule has 2 aromatic rings. The maximum absolute atomic E-state index is 12.8. The lowest BCUT2D eigenvalue weighted by Crippen LogP contribution is -2.39. The summed E-state index contributed by atoms with van der Waals surface area (Å²) in [5.74, 6) is 0.0284. The van der Waals surface area contributed by atoms with Crippen LogP contribution in [0, 0.1) is 0 Å². The number of hydrogen-bond acceptors (Lipinski definition) is 5. The monoisotopic (exact) mass is 400 g/mol. The van der Waals surface area contributed by atoms with Gasteiger partial charge in [0, 0.05) is 32.2 Å². The molecule has 10 heteroatoms. The summed E-state index contributed by atoms with van der Waals surface area (Å²) in [5, 5.41) is 0. The van der Waals surface area contributed by atoms with E-state index >= 15 is 0 Å². The molecular formula is C17H19F3N4O2S. The van der Waals surface area contributed by atoms with Gasteiger partial charge < -0.3 is 4.90 Å². The third-order valence-corrected chi connectivity index (χ3v) is 6.45. The summed E-state index contributed by atoms with van der Waals surface area (Å²) in [7, 11) is -2.03. The Balaban J connectivity index is 1.70. The van der Waals surface area contributed by atoms with Gasteiger partial charge in [0.05, 0.1) is 5.75 Å². The third-order valence-electron chi connectivity index (χ3n) is 4.58. The largest absolute Gasteiger partial charge is 0.433 e. The van der Waals surface area contributed by atoms with Gasteiger partial charge in [0.1, 0.15) is 17.8 Å². The lowest BCUT2D eigenvalue weighted by atomic mass is 10.2. The second-order valence-corrected chi connectivity index (χ2v) is 8.43. The van der Waals surface area contributed by atoms with Crippen LogP contribution in [-0.4, -0.2) is 48.9 Å². The molecule has 27 heavy (non-hydrogen) atoms. The highest BCUT2D eigenvalue weighted by atomic mass is 32.2. The SMILES string of the molecule is CN(C1CCN(c2cc(C(F)(F)F)ncn2)C1)S(=O)(=O)Cc1ccccc1. The minimum absolute atomic E-state index is 0.118. The molecule has 0 saturated carbocycles. The van der Waals surface area contributed by atoms with Gasteiger partial charge >= 0.3 is 6.18 Å². The van der Waals surface area contributed by atoms with E-state index in [0.717, 1.165) is 12.4 Å². The minimum Gasteiger partial charge on any atom is -0.355 e. The molecule has 1 atom stereocenters. The van der Waals surface area contributed by atoms with Crippen LogP contribution in [0.3, 0.4) is 0 Å². The van der Waals surface area contributed by atoms with Crippen molar-refractivity contribution in [2.24, 2.45) is 0 Å². The molecule has 1 aromatic carbocycles. The molecule has 0 spiro atoms. The molecule has 2 heterocycles. The molecule has 1 aliphatic rings. The van der Waals surface area contributed by atoms with Crippen LogP contribution < -0.4 is 4.90 Å². The molecule has 1 aliphatic heterocycles. The molecule has 0 amide bonds. The van der Waals surface area contributed by atoms with Gasteiger partial charge in [-0.05, 0) is 12.0 Å². The van der Waals surface area contributed by atoms with Gasteiger partial charge in [-0.3, -0.25) is 0 Å². The third kappa shape index (κ3) is 4.56. The molecule has 1 saturated heterocycles. The Labute approximate surface area is 155 Å². The van der Waals surface area contributed by atoms with E-state index in [9.17, 15) is 21.6 Å². The second kappa shape index (κ2) is 7.43. The van der Waals surface area contributed by atoms with Gasteiger partial charge in [0.2, 0.25) is 10.0 Å². The number of benzene rings is 1. The van der Waals surface area contributed by atoms with Gasteiger partial charge in [0.25, 0.3) is 0 Å². The molecule has 0 bridgehead atoms. The van der Waals surface area contributed by atoms with E-state index in [1.165, 1.54) is 11.4 Å². The molecule has 0 N–H and O–H groups in total. The first-order valence-corrected chi connectivity index (χ1v) is 9.91. The van der Waals surface area contributed by atoms with E-state index < -0.39 is 21.9 Å². The maximum Gasteiger partial charge on any atom is 0.433 e. The average Bonchev–Trinajstić information content (AvgIpc) is 3.11. The highest BCUT2D eigenvalue weighted by Gasteiger charge is 2.36. The van der Waals surface area contributed by atoms with Crippen LogP contribution in [0.4, 0.5) is 19.0 Å². The summed E-state index contributed by atoms with van der Waals surface area (Å²) >= 11 is 0. The Morgan fingerprint density at radius 2 is 1.93 bits per heavy atom. The summed E-state index contributed by atoms with van der Waals surface area (Å²) in [6.07, 6.45) is -3.16. The standard InChI is InChI=1S/C17H19F3N4O2S/c1-23(27(25,26)11-13-5-3-2-4-6-13)14-7-8-24(10-14)16-9-15(17(18,19)20)21-12-22-16/h2-6,9,12,14H,7-8,10-11H2,1H3. The molecule has 1 aromatic heterocycles. The first-order valence-electron chi connectivity index (χ1n) is 8.30. The zero-order chi connectivity index (χ0) is 19.7. The Morgan fingerprint density at radius 1 is 1.22 bits per heavy atom. The van der Waals surface area contributed by atoms with Gasteiger partial charge in [-0.25, -0.2) is 18.4 Å². The van der Waals surface area contributed by atoms with Crippen molar-refractivity contribution in [2.45, 2.75) is 24.4 Å². The molecule has 1 unspecified atom stereocenters. The smallest absolute Gasteiger partial charge is 0.355 e. The number of aromatic nitrogens is 2. The van der Waals surface area contributed by atoms with E-state index in [0.29, 0.717) is 18.5 Å². The first-order chi connectivity index (χ1) is 12.7. The number of alkyl halides is 3. The fourth-order valence-electron chi connectivity index (χ4n) is 3.04. The lowest BCUT2D eigenvalue weighted by molar-refractivity contribution is -0.141. The fourth-order valence-corrected chi connectivity index (χ4v) is 4.48. The minimum atomic E-state index is -4.55. The number of likely N-dealkylation sites (N-methyl/N-ethyl adjacent to an activating group) is 1. The van der Waals surface area contributed by atoms with E-state index in [-0.39, 0.29) is 24.2 Å². The summed E-state index contributed by atoms with van der Waals surface area (Å²) in [5.41, 5.74) is -0.328. The van der Waals surface area contributed by atoms with E-state index in [1.54, 1.807) is 29.2 Å². The Kier molecular flexibility index (Phi) is 5.38. The molecule has 6 nitrogen and oxygen atoms in total. The fraction of sp³-hybridized carbons (Fsp3) is 0.412. The van der Waals surface area contributed by atoms with E-state index in [1.807, 2.05) is 6.07 Å². The highest BCUT2D eigenvalue weighted by Crippen LogP contribution is 2.30. The average molecular weight is 400 g/mol. The molecular weight excluding hydrogens is 381 g/mol. The van der Waals surface area contributed by atoms with Crippen LogP contribution in [0.5, 0.6) is 0 Å². The van der Waals surface area contributed by atoms with Crippen molar-refractivity contribution in [1.29, 1.82) is 0 Å². The summed E-state index contributed by atoms with van der Waals surface area (Å²) in [6, 6.07) is 9.40. The van der Waals surface area contributed by atoms with Crippen LogP contribution in [0.1, 0.15) is 17.7 Å². The predicted molar refractivity (Wildman–Crippen MR) is 94.5 cm³/mol. The van der Waals surface area contributed by atoms with Crippen molar-refractivity contribution >= 4 is 15.8 Å². The van der Waals surface area contributed by atoms with Gasteiger partial charge in [0.15, 0.2) is 0 Å². The van der Waals surface area contributed by atoms with Crippen molar-refractivity contribution in [1.82, 2.24) is 14.3 Å². The van der Waals surface area contributed by atoms with Crippen LogP contribution in [0.25, 0.3) is 0 Å². The topological polar surface area (TPSA) is 66.4 Å². The second-order valence-electron chi connectivity index (χ2n) is 6.41. The highest BCUT2D eigenvalue weighted by molar-refractivity contribution is 7.88. The predicted octanol–water partition coefficient (Wildman–Crippen LogP) is 2.54. The summed E-state index contributed by atoms with van der Waals surface area (Å²) < 4.78 is 65.1. The van der Waals surface area contributed by atoms with Crippen LogP contribution in [0.15, 0.2) is 42.7 Å². The number of sulfonamides is 1. The Hall–Kier alpha value is -2.20. The number of halogens is 3. The van der Waals surface area contributed by atoms with Crippen molar-refractivity contribution in [2.75, 3.05) is 25.0 Å². The quantitative estimate of drug-likeness (QED) is 0.772. The van der Waals surface area contributed by atoms with Crippen molar-refractivity contribution in [3.05, 3.63) is 54.0 Å². The Bertz CT molecular complexity index is 891. The van der Waals surface area contributed by atoms with Crippen LogP contribution >= 0.6 is 0 Å². The Morgan fingerprint density at radius 3 is 2.59 bits per heavy atom. The molecule has 146 valence electrons. The van der Waals surface area contributed by atoms with Crippen molar-refractivity contribution in [3.8, 4) is 0 Å². The van der Waals surface area contributed by atoms with Crippen LogP contribution in [0.2, 0.25) is 0 Å². The molecule has 0 aliphatic carbocycles. The van der Waals surface area contributed by atoms with E-state index in [4.69, 9.17) is 0 Å². The maximum atomic E-state index is 12.8. The summed E-state index contributed by atoms with van der Waals surface area (Å²) in [6.45, 7) is 0.697. The van der Waals surface area contributed by atoms with Gasteiger partial charge in [-0.1, -0.05) is 30.3 Å². The lowest BCUT2D eigenvalue weighted by Gasteiger charge is -2.24.